The van der Waals surface area contributed by atoms with E-state index in [-0.39, 0.29) is 11.9 Å². The Morgan fingerprint density at radius 1 is 1.38 bits per heavy atom. The summed E-state index contributed by atoms with van der Waals surface area (Å²) >= 11 is 1.66. The van der Waals surface area contributed by atoms with Crippen molar-refractivity contribution in [3.05, 3.63) is 30.1 Å². The van der Waals surface area contributed by atoms with E-state index in [0.717, 1.165) is 10.6 Å². The van der Waals surface area contributed by atoms with E-state index in [9.17, 15) is 4.39 Å². The molecule has 0 saturated heterocycles. The maximum absolute atomic E-state index is 12.9. The second-order valence-corrected chi connectivity index (χ2v) is 5.57. The Morgan fingerprint density at radius 2 is 2.12 bits per heavy atom. The lowest BCUT2D eigenvalue weighted by molar-refractivity contribution is 0.463. The van der Waals surface area contributed by atoms with Crippen LogP contribution in [-0.4, -0.2) is 11.8 Å². The van der Waals surface area contributed by atoms with Crippen LogP contribution in [0.25, 0.3) is 0 Å². The average molecular weight is 239 g/mol. The van der Waals surface area contributed by atoms with Gasteiger partial charge in [-0.25, -0.2) is 4.39 Å². The number of hydrogen-bond donors (Lipinski definition) is 1. The summed E-state index contributed by atoms with van der Waals surface area (Å²) in [4.78, 5) is 0.980. The third-order valence-corrected chi connectivity index (χ3v) is 4.38. The smallest absolute Gasteiger partial charge is 0.124 e. The summed E-state index contributed by atoms with van der Waals surface area (Å²) in [7, 11) is 0. The van der Waals surface area contributed by atoms with Crippen LogP contribution in [0.1, 0.15) is 25.7 Å². The van der Waals surface area contributed by atoms with Gasteiger partial charge in [0.1, 0.15) is 5.82 Å². The molecule has 1 aliphatic carbocycles. The fourth-order valence-corrected chi connectivity index (χ4v) is 3.30. The molecule has 1 aromatic rings. The van der Waals surface area contributed by atoms with E-state index in [1.54, 1.807) is 23.9 Å². The first-order chi connectivity index (χ1) is 7.75. The van der Waals surface area contributed by atoms with Gasteiger partial charge in [-0.3, -0.25) is 0 Å². The Bertz CT molecular complexity index is 336. The van der Waals surface area contributed by atoms with Gasteiger partial charge in [0, 0.05) is 16.7 Å². The van der Waals surface area contributed by atoms with Crippen LogP contribution < -0.4 is 5.73 Å². The predicted octanol–water partition coefficient (Wildman–Crippen LogP) is 3.44. The van der Waals surface area contributed by atoms with Crippen molar-refractivity contribution in [2.75, 3.05) is 5.75 Å². The molecule has 88 valence electrons. The molecule has 0 spiro atoms. The molecule has 1 unspecified atom stereocenters. The maximum Gasteiger partial charge on any atom is 0.124 e. The van der Waals surface area contributed by atoms with E-state index in [2.05, 4.69) is 0 Å². The number of nitrogens with two attached hydrogens (primary N) is 1. The van der Waals surface area contributed by atoms with Crippen LogP contribution >= 0.6 is 11.8 Å². The van der Waals surface area contributed by atoms with Crippen LogP contribution in [0.2, 0.25) is 0 Å². The number of halogens is 1. The normalized spacial score (nSPS) is 18.9. The molecule has 0 radical (unpaired) electrons. The molecular weight excluding hydrogens is 221 g/mol. The molecule has 1 aromatic carbocycles. The summed E-state index contributed by atoms with van der Waals surface area (Å²) in [5.74, 6) is 1.41. The molecule has 0 aromatic heterocycles. The minimum absolute atomic E-state index is 0.167. The summed E-state index contributed by atoms with van der Waals surface area (Å²) in [5.41, 5.74) is 6.15. The zero-order valence-electron chi connectivity index (χ0n) is 9.36. The van der Waals surface area contributed by atoms with E-state index in [0.29, 0.717) is 5.92 Å². The van der Waals surface area contributed by atoms with Crippen molar-refractivity contribution in [1.29, 1.82) is 0 Å². The molecule has 0 bridgehead atoms. The van der Waals surface area contributed by atoms with E-state index in [4.69, 9.17) is 5.73 Å². The van der Waals surface area contributed by atoms with Crippen LogP contribution in [0, 0.1) is 11.7 Å². The monoisotopic (exact) mass is 239 g/mol. The second-order valence-electron chi connectivity index (χ2n) is 4.48. The standard InChI is InChI=1S/C13H18FNS/c14-11-6-3-7-12(8-11)16-9-13(15)10-4-1-2-5-10/h3,6-8,10,13H,1-2,4-5,9,15H2. The van der Waals surface area contributed by atoms with Gasteiger partial charge >= 0.3 is 0 Å². The molecular formula is C13H18FNS. The Hall–Kier alpha value is -0.540. The SMILES string of the molecule is NC(CSc1cccc(F)c1)C1CCCC1. The van der Waals surface area contributed by atoms with Crippen LogP contribution in [0.3, 0.4) is 0 Å². The fourth-order valence-electron chi connectivity index (χ4n) is 2.27. The van der Waals surface area contributed by atoms with Gasteiger partial charge in [0.15, 0.2) is 0 Å². The highest BCUT2D eigenvalue weighted by Crippen LogP contribution is 2.29. The van der Waals surface area contributed by atoms with Crippen molar-refractivity contribution in [2.45, 2.75) is 36.6 Å². The van der Waals surface area contributed by atoms with E-state index in [1.165, 1.54) is 31.7 Å². The summed E-state index contributed by atoms with van der Waals surface area (Å²) in [5, 5.41) is 0. The number of thioether (sulfide) groups is 1. The number of benzene rings is 1. The Kier molecular flexibility index (Phi) is 4.24. The van der Waals surface area contributed by atoms with Crippen molar-refractivity contribution >= 4 is 11.8 Å². The second kappa shape index (κ2) is 5.69. The highest BCUT2D eigenvalue weighted by molar-refractivity contribution is 7.99. The zero-order valence-corrected chi connectivity index (χ0v) is 10.2. The van der Waals surface area contributed by atoms with Crippen molar-refractivity contribution in [2.24, 2.45) is 11.7 Å². The molecule has 2 N–H and O–H groups in total. The highest BCUT2D eigenvalue weighted by Gasteiger charge is 2.21. The van der Waals surface area contributed by atoms with Gasteiger partial charge in [-0.1, -0.05) is 18.9 Å². The maximum atomic E-state index is 12.9. The van der Waals surface area contributed by atoms with Crippen LogP contribution in [0.5, 0.6) is 0 Å². The van der Waals surface area contributed by atoms with Crippen LogP contribution in [-0.2, 0) is 0 Å². The zero-order chi connectivity index (χ0) is 11.4. The minimum atomic E-state index is -0.167. The van der Waals surface area contributed by atoms with Crippen molar-refractivity contribution in [3.8, 4) is 0 Å². The van der Waals surface area contributed by atoms with Gasteiger partial charge in [-0.2, -0.15) is 0 Å². The summed E-state index contributed by atoms with van der Waals surface area (Å²) in [6, 6.07) is 7.00. The molecule has 0 amide bonds. The van der Waals surface area contributed by atoms with Crippen LogP contribution in [0.4, 0.5) is 4.39 Å². The van der Waals surface area contributed by atoms with E-state index < -0.39 is 0 Å². The van der Waals surface area contributed by atoms with Gasteiger partial charge in [0.05, 0.1) is 0 Å². The molecule has 3 heteroatoms. The Labute approximate surface area is 101 Å². The fraction of sp³-hybridized carbons (Fsp3) is 0.538. The van der Waals surface area contributed by atoms with Gasteiger partial charge in [0.25, 0.3) is 0 Å². The van der Waals surface area contributed by atoms with Crippen molar-refractivity contribution in [3.63, 3.8) is 0 Å². The lowest BCUT2D eigenvalue weighted by atomic mass is 10.0. The average Bonchev–Trinajstić information content (AvgIpc) is 2.79. The van der Waals surface area contributed by atoms with Gasteiger partial charge < -0.3 is 5.73 Å². The largest absolute Gasteiger partial charge is 0.327 e. The van der Waals surface area contributed by atoms with Gasteiger partial charge in [-0.05, 0) is 37.0 Å². The van der Waals surface area contributed by atoms with Gasteiger partial charge in [-0.15, -0.1) is 11.8 Å². The van der Waals surface area contributed by atoms with E-state index in [1.807, 2.05) is 6.07 Å². The topological polar surface area (TPSA) is 26.0 Å². The Morgan fingerprint density at radius 3 is 2.81 bits per heavy atom. The minimum Gasteiger partial charge on any atom is -0.327 e. The summed E-state index contributed by atoms with van der Waals surface area (Å²) < 4.78 is 12.9. The molecule has 2 rings (SSSR count). The molecule has 1 nitrogen and oxygen atoms in total. The van der Waals surface area contributed by atoms with Crippen molar-refractivity contribution < 1.29 is 4.39 Å². The molecule has 1 fully saturated rings. The molecule has 1 aliphatic rings. The summed E-state index contributed by atoms with van der Waals surface area (Å²) in [6.45, 7) is 0. The molecule has 1 atom stereocenters. The lowest BCUT2D eigenvalue weighted by Gasteiger charge is -2.18. The lowest BCUT2D eigenvalue weighted by Crippen LogP contribution is -2.30. The summed E-state index contributed by atoms with van der Waals surface area (Å²) in [6.07, 6.45) is 5.18. The third kappa shape index (κ3) is 3.22. The molecule has 0 heterocycles. The van der Waals surface area contributed by atoms with Crippen molar-refractivity contribution in [1.82, 2.24) is 0 Å². The van der Waals surface area contributed by atoms with E-state index >= 15 is 0 Å². The molecule has 0 aliphatic heterocycles. The first kappa shape index (κ1) is 11.9. The number of hydrogen-bond acceptors (Lipinski definition) is 2. The first-order valence-corrected chi connectivity index (χ1v) is 6.88. The highest BCUT2D eigenvalue weighted by atomic mass is 32.2. The quantitative estimate of drug-likeness (QED) is 0.815. The Balaban J connectivity index is 1.82. The van der Waals surface area contributed by atoms with Gasteiger partial charge in [0.2, 0.25) is 0 Å². The van der Waals surface area contributed by atoms with Crippen LogP contribution in [0.15, 0.2) is 29.2 Å². The first-order valence-electron chi connectivity index (χ1n) is 5.89. The molecule has 16 heavy (non-hydrogen) atoms. The third-order valence-electron chi connectivity index (χ3n) is 3.24. The predicted molar refractivity (Wildman–Crippen MR) is 67.1 cm³/mol. The number of rotatable bonds is 4. The molecule has 1 saturated carbocycles.